The molecule has 2 aromatic rings. The van der Waals surface area contributed by atoms with Crippen molar-refractivity contribution in [3.8, 4) is 5.75 Å². The van der Waals surface area contributed by atoms with Gasteiger partial charge in [-0.25, -0.2) is 18.4 Å². The number of fused-ring (bicyclic) bond motifs is 3. The number of aromatic carboxylic acids is 1. The number of carboxylic acid groups (broad SMARTS) is 1. The van der Waals surface area contributed by atoms with Crippen molar-refractivity contribution in [3.05, 3.63) is 70.3 Å². The summed E-state index contributed by atoms with van der Waals surface area (Å²) in [5.74, 6) is -0.207. The highest BCUT2D eigenvalue weighted by atomic mass is 35.5. The number of carboxylic acids is 1. The third-order valence-corrected chi connectivity index (χ3v) is 11.3. The zero-order chi connectivity index (χ0) is 29.6. The molecule has 0 radical (unpaired) electrons. The minimum Gasteiger partial charge on any atom is -0.490 e. The molecular formula is C31H39ClN2O6S. The average Bonchev–Trinajstić information content (AvgIpc) is 3.06. The maximum absolute atomic E-state index is 11.9. The second-order valence-electron chi connectivity index (χ2n) is 12.3. The van der Waals surface area contributed by atoms with Gasteiger partial charge in [-0.3, -0.25) is 0 Å². The normalized spacial score (nSPS) is 27.3. The SMILES string of the molecule is CC(C/C=C/C(O)[C@@]1(C)CC[C@@H]1CN1CC2(CCCc3cc(Cl)ccc32)COc2ccc(C(=O)O)cc21)S(N)(=O)=O. The Morgan fingerprint density at radius 1 is 1.27 bits per heavy atom. The summed E-state index contributed by atoms with van der Waals surface area (Å²) in [4.78, 5) is 14.2. The lowest BCUT2D eigenvalue weighted by Crippen LogP contribution is -2.53. The van der Waals surface area contributed by atoms with Crippen molar-refractivity contribution in [1.29, 1.82) is 0 Å². The zero-order valence-corrected chi connectivity index (χ0v) is 25.1. The van der Waals surface area contributed by atoms with Crippen LogP contribution in [0.25, 0.3) is 0 Å². The smallest absolute Gasteiger partial charge is 0.335 e. The summed E-state index contributed by atoms with van der Waals surface area (Å²) in [6.45, 7) is 5.38. The summed E-state index contributed by atoms with van der Waals surface area (Å²) >= 11 is 6.35. The molecule has 3 aliphatic rings. The molecule has 1 fully saturated rings. The Balaban J connectivity index is 1.45. The Kier molecular flexibility index (Phi) is 8.20. The lowest BCUT2D eigenvalue weighted by Gasteiger charge is -2.52. The third kappa shape index (κ3) is 5.87. The van der Waals surface area contributed by atoms with Crippen LogP contribution in [0.15, 0.2) is 48.6 Å². The van der Waals surface area contributed by atoms with E-state index in [1.807, 2.05) is 12.1 Å². The molecule has 8 nitrogen and oxygen atoms in total. The van der Waals surface area contributed by atoms with Crippen LogP contribution in [0, 0.1) is 11.3 Å². The van der Waals surface area contributed by atoms with Gasteiger partial charge in [-0.1, -0.05) is 36.7 Å². The number of hydrogen-bond acceptors (Lipinski definition) is 6. The van der Waals surface area contributed by atoms with Crippen LogP contribution < -0.4 is 14.8 Å². The Morgan fingerprint density at radius 2 is 2.05 bits per heavy atom. The third-order valence-electron chi connectivity index (χ3n) is 9.71. The number of allylic oxidation sites excluding steroid dienone is 1. The number of aliphatic hydroxyl groups excluding tert-OH is 1. The van der Waals surface area contributed by atoms with E-state index in [0.29, 0.717) is 30.5 Å². The summed E-state index contributed by atoms with van der Waals surface area (Å²) < 4.78 is 29.6. The molecule has 222 valence electrons. The molecule has 2 aliphatic carbocycles. The Morgan fingerprint density at radius 3 is 2.73 bits per heavy atom. The molecule has 0 bridgehead atoms. The number of benzene rings is 2. The molecule has 0 saturated heterocycles. The number of hydrogen-bond donors (Lipinski definition) is 3. The van der Waals surface area contributed by atoms with Crippen LogP contribution in [-0.4, -0.2) is 55.7 Å². The van der Waals surface area contributed by atoms with Crippen LogP contribution in [0.1, 0.15) is 67.4 Å². The number of aliphatic hydroxyl groups is 1. The van der Waals surface area contributed by atoms with E-state index in [1.165, 1.54) is 11.1 Å². The molecule has 5 rings (SSSR count). The fourth-order valence-corrected chi connectivity index (χ4v) is 7.33. The molecule has 4 N–H and O–H groups in total. The lowest BCUT2D eigenvalue weighted by atomic mass is 9.58. The molecule has 2 aromatic carbocycles. The van der Waals surface area contributed by atoms with Gasteiger partial charge in [0, 0.05) is 28.9 Å². The molecule has 1 aliphatic heterocycles. The fraction of sp³-hybridized carbons (Fsp3) is 0.516. The van der Waals surface area contributed by atoms with E-state index in [1.54, 1.807) is 37.3 Å². The number of ether oxygens (including phenoxy) is 1. The van der Waals surface area contributed by atoms with E-state index in [9.17, 15) is 23.4 Å². The summed E-state index contributed by atoms with van der Waals surface area (Å²) in [5, 5.41) is 26.2. The van der Waals surface area contributed by atoms with Crippen molar-refractivity contribution < 1.29 is 28.2 Å². The maximum atomic E-state index is 11.9. The maximum Gasteiger partial charge on any atom is 0.335 e. The van der Waals surface area contributed by atoms with Gasteiger partial charge >= 0.3 is 5.97 Å². The number of halogens is 1. The molecule has 1 saturated carbocycles. The Hall–Kier alpha value is -2.59. The van der Waals surface area contributed by atoms with Crippen molar-refractivity contribution in [2.75, 3.05) is 24.6 Å². The summed E-state index contributed by atoms with van der Waals surface area (Å²) in [7, 11) is -3.64. The molecule has 41 heavy (non-hydrogen) atoms. The van der Waals surface area contributed by atoms with Crippen LogP contribution in [-0.2, 0) is 21.9 Å². The molecule has 1 heterocycles. The van der Waals surface area contributed by atoms with Crippen LogP contribution in [0.3, 0.4) is 0 Å². The Bertz CT molecular complexity index is 1460. The zero-order valence-electron chi connectivity index (χ0n) is 23.6. The van der Waals surface area contributed by atoms with Crippen molar-refractivity contribution in [2.45, 2.75) is 69.1 Å². The average molecular weight is 603 g/mol. The topological polar surface area (TPSA) is 130 Å². The molecular weight excluding hydrogens is 564 g/mol. The molecule has 5 atom stereocenters. The second-order valence-corrected chi connectivity index (χ2v) is 14.8. The van der Waals surface area contributed by atoms with Gasteiger partial charge in [-0.05, 0) is 92.8 Å². The standard InChI is InChI=1S/C31H39ClN2O6S/c1-20(41(33,38)39)5-3-7-28(35)30(2)14-12-23(30)17-34-18-31(13-4-6-21-15-24(32)9-10-25(21)31)19-40-27-11-8-22(29(36)37)16-26(27)34/h3,7-11,15-16,20,23,28,35H,4-6,12-14,17-19H2,1-2H3,(H,36,37)(H2,33,38,39)/b7-3+/t20?,23-,28?,30+,31?/m1/s1. The van der Waals surface area contributed by atoms with E-state index >= 15 is 0 Å². The highest BCUT2D eigenvalue weighted by molar-refractivity contribution is 7.89. The second kappa shape index (κ2) is 11.2. The number of anilines is 1. The molecule has 0 amide bonds. The van der Waals surface area contributed by atoms with E-state index < -0.39 is 32.8 Å². The van der Waals surface area contributed by atoms with E-state index in [-0.39, 0.29) is 23.3 Å². The van der Waals surface area contributed by atoms with Gasteiger partial charge in [0.1, 0.15) is 5.75 Å². The van der Waals surface area contributed by atoms with Crippen LogP contribution >= 0.6 is 11.6 Å². The molecule has 3 unspecified atom stereocenters. The van der Waals surface area contributed by atoms with Crippen molar-refractivity contribution >= 4 is 33.3 Å². The molecule has 10 heteroatoms. The summed E-state index contributed by atoms with van der Waals surface area (Å²) in [6, 6.07) is 11.1. The lowest BCUT2D eigenvalue weighted by molar-refractivity contribution is -0.0469. The number of primary sulfonamides is 1. The van der Waals surface area contributed by atoms with Crippen molar-refractivity contribution in [2.24, 2.45) is 16.5 Å². The molecule has 0 aromatic heterocycles. The number of nitrogens with zero attached hydrogens (tertiary/aromatic N) is 1. The summed E-state index contributed by atoms with van der Waals surface area (Å²) in [6.07, 6.45) is 7.51. The predicted octanol–water partition coefficient (Wildman–Crippen LogP) is 4.91. The van der Waals surface area contributed by atoms with Gasteiger partial charge in [0.25, 0.3) is 0 Å². The quantitative estimate of drug-likeness (QED) is 0.366. The number of sulfonamides is 1. The first-order chi connectivity index (χ1) is 19.3. The van der Waals surface area contributed by atoms with Gasteiger partial charge in [-0.2, -0.15) is 0 Å². The van der Waals surface area contributed by atoms with Gasteiger partial charge in [-0.15, -0.1) is 0 Å². The number of carbonyl (C=O) groups is 1. The minimum atomic E-state index is -3.64. The predicted molar refractivity (Wildman–Crippen MR) is 160 cm³/mol. The monoisotopic (exact) mass is 602 g/mol. The first-order valence-electron chi connectivity index (χ1n) is 14.2. The first-order valence-corrected chi connectivity index (χ1v) is 16.2. The van der Waals surface area contributed by atoms with Gasteiger partial charge in [0.05, 0.1) is 29.2 Å². The van der Waals surface area contributed by atoms with Crippen LogP contribution in [0.5, 0.6) is 5.75 Å². The van der Waals surface area contributed by atoms with Crippen LogP contribution in [0.2, 0.25) is 5.02 Å². The van der Waals surface area contributed by atoms with Crippen molar-refractivity contribution in [1.82, 2.24) is 0 Å². The van der Waals surface area contributed by atoms with Gasteiger partial charge in [0.15, 0.2) is 0 Å². The fourth-order valence-electron chi connectivity index (χ4n) is 6.76. The number of aryl methyl sites for hydroxylation is 1. The van der Waals surface area contributed by atoms with Crippen molar-refractivity contribution in [3.63, 3.8) is 0 Å². The van der Waals surface area contributed by atoms with Gasteiger partial charge in [0.2, 0.25) is 10.0 Å². The number of rotatable bonds is 8. The Labute approximate surface area is 247 Å². The van der Waals surface area contributed by atoms with E-state index in [0.717, 1.165) is 37.8 Å². The number of nitrogens with two attached hydrogens (primary N) is 1. The molecule has 1 spiro atoms. The highest BCUT2D eigenvalue weighted by Crippen LogP contribution is 2.52. The van der Waals surface area contributed by atoms with E-state index in [4.69, 9.17) is 21.5 Å². The van der Waals surface area contributed by atoms with E-state index in [2.05, 4.69) is 17.9 Å². The largest absolute Gasteiger partial charge is 0.490 e. The highest BCUT2D eigenvalue weighted by Gasteiger charge is 2.49. The van der Waals surface area contributed by atoms with Crippen LogP contribution in [0.4, 0.5) is 5.69 Å². The minimum absolute atomic E-state index is 0.127. The summed E-state index contributed by atoms with van der Waals surface area (Å²) in [5.41, 5.74) is 2.71. The van der Waals surface area contributed by atoms with Gasteiger partial charge < -0.3 is 19.8 Å². The first kappa shape index (κ1) is 29.9.